The molecule has 0 spiro atoms. The Labute approximate surface area is 195 Å². The highest BCUT2D eigenvalue weighted by Gasteiger charge is 2.59. The van der Waals surface area contributed by atoms with Crippen LogP contribution >= 0.6 is 15.9 Å². The van der Waals surface area contributed by atoms with Crippen LogP contribution in [-0.2, 0) is 16.2 Å². The zero-order valence-electron chi connectivity index (χ0n) is 17.8. The first-order valence-corrected chi connectivity index (χ1v) is 11.4. The molecular weight excluding hydrogens is 472 g/mol. The summed E-state index contributed by atoms with van der Waals surface area (Å²) in [7, 11) is 1.57. The summed E-state index contributed by atoms with van der Waals surface area (Å²) in [4.78, 5) is 25.6. The molecule has 1 heterocycles. The average Bonchev–Trinajstić information content (AvgIpc) is 3.47. The minimum absolute atomic E-state index is 0.165. The molecular formula is C25H23BrN2O4. The minimum atomic E-state index is -0.259. The molecule has 2 fully saturated rings. The fraction of sp³-hybridized carbons (Fsp3) is 0.320. The van der Waals surface area contributed by atoms with Crippen LogP contribution in [0.15, 0.2) is 58.1 Å². The molecule has 2 aromatic rings. The summed E-state index contributed by atoms with van der Waals surface area (Å²) in [6.45, 7) is 2.45. The van der Waals surface area contributed by atoms with Gasteiger partial charge in [-0.05, 0) is 58.8 Å². The van der Waals surface area contributed by atoms with Crippen LogP contribution in [-0.4, -0.2) is 30.1 Å². The fourth-order valence-electron chi connectivity index (χ4n) is 4.89. The number of hydrogen-bond donors (Lipinski definition) is 0. The van der Waals surface area contributed by atoms with E-state index in [1.54, 1.807) is 19.2 Å². The van der Waals surface area contributed by atoms with E-state index >= 15 is 0 Å². The van der Waals surface area contributed by atoms with E-state index in [4.69, 9.17) is 9.47 Å². The Balaban J connectivity index is 1.33. The Morgan fingerprint density at radius 1 is 1.06 bits per heavy atom. The summed E-state index contributed by atoms with van der Waals surface area (Å²) in [5.41, 5.74) is 2.93. The van der Waals surface area contributed by atoms with Crippen molar-refractivity contribution in [3.05, 3.63) is 69.7 Å². The number of imide groups is 1. The van der Waals surface area contributed by atoms with E-state index in [0.717, 1.165) is 21.5 Å². The van der Waals surface area contributed by atoms with Crippen LogP contribution in [0.5, 0.6) is 11.5 Å². The molecule has 1 saturated carbocycles. The monoisotopic (exact) mass is 494 g/mol. The normalized spacial score (nSPS) is 25.8. The zero-order chi connectivity index (χ0) is 22.4. The van der Waals surface area contributed by atoms with Gasteiger partial charge in [0, 0.05) is 10.0 Å². The van der Waals surface area contributed by atoms with Crippen molar-refractivity contribution >= 4 is 34.0 Å². The van der Waals surface area contributed by atoms with Crippen molar-refractivity contribution < 1.29 is 19.1 Å². The Hall–Kier alpha value is -2.93. The van der Waals surface area contributed by atoms with E-state index in [0.29, 0.717) is 23.7 Å². The van der Waals surface area contributed by atoms with Gasteiger partial charge in [0.05, 0.1) is 25.2 Å². The molecule has 4 unspecified atom stereocenters. The zero-order valence-corrected chi connectivity index (χ0v) is 19.4. The van der Waals surface area contributed by atoms with Gasteiger partial charge in [-0.1, -0.05) is 42.0 Å². The van der Waals surface area contributed by atoms with Gasteiger partial charge in [-0.2, -0.15) is 10.1 Å². The van der Waals surface area contributed by atoms with Gasteiger partial charge in [-0.15, -0.1) is 0 Å². The second kappa shape index (κ2) is 8.20. The minimum Gasteiger partial charge on any atom is -0.493 e. The Kier molecular flexibility index (Phi) is 5.37. The third kappa shape index (κ3) is 3.54. The number of methoxy groups -OCH3 is 1. The fourth-order valence-corrected chi connectivity index (χ4v) is 5.31. The first-order chi connectivity index (χ1) is 15.5. The number of hydrogen-bond acceptors (Lipinski definition) is 5. The van der Waals surface area contributed by atoms with Gasteiger partial charge < -0.3 is 9.47 Å². The van der Waals surface area contributed by atoms with Gasteiger partial charge in [-0.3, -0.25) is 9.59 Å². The molecule has 0 radical (unpaired) electrons. The summed E-state index contributed by atoms with van der Waals surface area (Å²) in [6, 6.07) is 11.7. The summed E-state index contributed by atoms with van der Waals surface area (Å²) in [6.07, 6.45) is 6.56. The first-order valence-electron chi connectivity index (χ1n) is 10.6. The van der Waals surface area contributed by atoms with Gasteiger partial charge in [-0.25, -0.2) is 0 Å². The number of halogens is 1. The predicted molar refractivity (Wildman–Crippen MR) is 123 cm³/mol. The van der Waals surface area contributed by atoms with Crippen LogP contribution < -0.4 is 9.47 Å². The third-order valence-electron chi connectivity index (χ3n) is 6.56. The second-order valence-corrected chi connectivity index (χ2v) is 9.39. The van der Waals surface area contributed by atoms with Crippen LogP contribution in [0.25, 0.3) is 0 Å². The Morgan fingerprint density at radius 3 is 2.34 bits per heavy atom. The number of nitrogens with zero attached hydrogens (tertiary/aromatic N) is 2. The molecule has 4 atom stereocenters. The number of hydrazone groups is 1. The number of rotatable bonds is 6. The number of aryl methyl sites for hydroxylation is 1. The molecule has 2 aromatic carbocycles. The molecule has 5 rings (SSSR count). The van der Waals surface area contributed by atoms with Crippen molar-refractivity contribution in [2.45, 2.75) is 20.0 Å². The van der Waals surface area contributed by atoms with Crippen molar-refractivity contribution in [3.8, 4) is 11.5 Å². The smallest absolute Gasteiger partial charge is 0.254 e. The number of allylic oxidation sites excluding steroid dienone is 2. The molecule has 0 aromatic heterocycles. The average molecular weight is 495 g/mol. The summed E-state index contributed by atoms with van der Waals surface area (Å²) >= 11 is 3.54. The molecule has 164 valence electrons. The standard InChI is InChI=1S/C25H23BrN2O4/c1-14-3-5-15(6-4-14)13-32-21-11-19(26)18(10-20(21)31-2)12-27-28-24(29)22-16-7-8-17(9-16)23(22)25(28)30/h3-8,10-12,16-17,22-23H,9,13H2,1-2H3. The highest BCUT2D eigenvalue weighted by atomic mass is 79.9. The van der Waals surface area contributed by atoms with Gasteiger partial charge in [0.1, 0.15) is 6.61 Å². The summed E-state index contributed by atoms with van der Waals surface area (Å²) < 4.78 is 12.2. The quantitative estimate of drug-likeness (QED) is 0.337. The molecule has 6 nitrogen and oxygen atoms in total. The van der Waals surface area contributed by atoms with Gasteiger partial charge in [0.2, 0.25) is 0 Å². The largest absolute Gasteiger partial charge is 0.493 e. The number of amides is 2. The molecule has 1 aliphatic heterocycles. The van der Waals surface area contributed by atoms with Gasteiger partial charge >= 0.3 is 0 Å². The maximum absolute atomic E-state index is 12.8. The summed E-state index contributed by atoms with van der Waals surface area (Å²) in [5, 5.41) is 5.30. The molecule has 0 N–H and O–H groups in total. The van der Waals surface area contributed by atoms with E-state index in [1.165, 1.54) is 11.8 Å². The lowest BCUT2D eigenvalue weighted by molar-refractivity contribution is -0.140. The number of carbonyl (C=O) groups is 2. The number of carbonyl (C=O) groups excluding carboxylic acids is 2. The van der Waals surface area contributed by atoms with Crippen LogP contribution in [0.3, 0.4) is 0 Å². The van der Waals surface area contributed by atoms with Crippen LogP contribution in [0.4, 0.5) is 0 Å². The van der Waals surface area contributed by atoms with Crippen molar-refractivity contribution in [1.29, 1.82) is 0 Å². The van der Waals surface area contributed by atoms with Crippen molar-refractivity contribution in [2.75, 3.05) is 7.11 Å². The molecule has 2 bridgehead atoms. The first kappa shape index (κ1) is 20.9. The maximum atomic E-state index is 12.8. The number of benzene rings is 2. The summed E-state index contributed by atoms with van der Waals surface area (Å²) in [5.74, 6) is 0.540. The predicted octanol–water partition coefficient (Wildman–Crippen LogP) is 4.49. The second-order valence-electron chi connectivity index (χ2n) is 8.53. The number of fused-ring (bicyclic) bond motifs is 5. The molecule has 1 saturated heterocycles. The van der Waals surface area contributed by atoms with Crippen LogP contribution in [0, 0.1) is 30.6 Å². The van der Waals surface area contributed by atoms with E-state index in [1.807, 2.05) is 31.2 Å². The lowest BCUT2D eigenvalue weighted by atomic mass is 9.85. The molecule has 2 aliphatic carbocycles. The van der Waals surface area contributed by atoms with Gasteiger partial charge in [0.25, 0.3) is 11.8 Å². The van der Waals surface area contributed by atoms with E-state index < -0.39 is 0 Å². The van der Waals surface area contributed by atoms with Crippen molar-refractivity contribution in [1.82, 2.24) is 5.01 Å². The topological polar surface area (TPSA) is 68.2 Å². The SMILES string of the molecule is COc1cc(C=NN2C(=O)C3C4C=CC(C4)C3C2=O)c(Br)cc1OCc1ccc(C)cc1. The lowest BCUT2D eigenvalue weighted by Crippen LogP contribution is -2.28. The lowest BCUT2D eigenvalue weighted by Gasteiger charge is -2.14. The number of ether oxygens (including phenoxy) is 2. The molecule has 3 aliphatic rings. The molecule has 32 heavy (non-hydrogen) atoms. The molecule has 2 amide bonds. The van der Waals surface area contributed by atoms with E-state index in [-0.39, 0.29) is 35.5 Å². The van der Waals surface area contributed by atoms with Crippen molar-refractivity contribution in [2.24, 2.45) is 28.8 Å². The molecule has 7 heteroatoms. The highest BCUT2D eigenvalue weighted by Crippen LogP contribution is 2.52. The highest BCUT2D eigenvalue weighted by molar-refractivity contribution is 9.10. The van der Waals surface area contributed by atoms with Crippen molar-refractivity contribution in [3.63, 3.8) is 0 Å². The third-order valence-corrected chi connectivity index (χ3v) is 7.24. The van der Waals surface area contributed by atoms with Gasteiger partial charge in [0.15, 0.2) is 11.5 Å². The maximum Gasteiger partial charge on any atom is 0.254 e. The Morgan fingerprint density at radius 2 is 1.72 bits per heavy atom. The van der Waals surface area contributed by atoms with Crippen LogP contribution in [0.2, 0.25) is 0 Å². The van der Waals surface area contributed by atoms with E-state index in [9.17, 15) is 9.59 Å². The van der Waals surface area contributed by atoms with E-state index in [2.05, 4.69) is 33.2 Å². The Bertz CT molecular complexity index is 1110. The van der Waals surface area contributed by atoms with Crippen LogP contribution in [0.1, 0.15) is 23.1 Å².